The van der Waals surface area contributed by atoms with Gasteiger partial charge in [-0.3, -0.25) is 14.4 Å². The van der Waals surface area contributed by atoms with Gasteiger partial charge in [-0.05, 0) is 16.7 Å². The third-order valence-electron chi connectivity index (χ3n) is 5.08. The number of nitrogens with one attached hydrogen (secondary N) is 2. The van der Waals surface area contributed by atoms with Gasteiger partial charge in [-0.1, -0.05) is 97.9 Å². The molecule has 0 aliphatic rings. The number of hydroxylamine groups is 1. The Morgan fingerprint density at radius 3 is 1.65 bits per heavy atom. The van der Waals surface area contributed by atoms with E-state index in [9.17, 15) is 9.59 Å². The number of carbonyl (C=O) groups excluding carboxylic acids is 1. The van der Waals surface area contributed by atoms with Gasteiger partial charge in [-0.2, -0.15) is 5.48 Å². The molecule has 0 saturated heterocycles. The standard InChI is InChI=1S/C25H26N2O4/c1-19(24(29)30)17-26-23(28)18-31-27-25(20-11-5-2-6-12-20,21-13-7-3-8-14-21)22-15-9-4-10-16-22/h2-16,19,27H,17-18H2,1H3,(H,26,28)(H,29,30)/t19-/m0/s1. The van der Waals surface area contributed by atoms with Crippen molar-refractivity contribution < 1.29 is 19.5 Å². The van der Waals surface area contributed by atoms with Gasteiger partial charge in [-0.25, -0.2) is 0 Å². The maximum absolute atomic E-state index is 12.2. The van der Waals surface area contributed by atoms with Gasteiger partial charge in [0, 0.05) is 6.54 Å². The second kappa shape index (κ2) is 10.5. The summed E-state index contributed by atoms with van der Waals surface area (Å²) >= 11 is 0. The van der Waals surface area contributed by atoms with Crippen molar-refractivity contribution in [3.8, 4) is 0 Å². The summed E-state index contributed by atoms with van der Waals surface area (Å²) in [5.74, 6) is -2.03. The van der Waals surface area contributed by atoms with Crippen molar-refractivity contribution in [3.63, 3.8) is 0 Å². The summed E-state index contributed by atoms with van der Waals surface area (Å²) in [7, 11) is 0. The molecule has 3 aromatic rings. The van der Waals surface area contributed by atoms with E-state index < -0.39 is 23.3 Å². The second-order valence-electron chi connectivity index (χ2n) is 7.28. The van der Waals surface area contributed by atoms with Crippen LogP contribution in [0.4, 0.5) is 0 Å². The summed E-state index contributed by atoms with van der Waals surface area (Å²) in [6.45, 7) is 1.31. The van der Waals surface area contributed by atoms with E-state index in [1.54, 1.807) is 0 Å². The molecular formula is C25H26N2O4. The summed E-state index contributed by atoms with van der Waals surface area (Å²) in [5, 5.41) is 11.5. The smallest absolute Gasteiger partial charge is 0.308 e. The van der Waals surface area contributed by atoms with Crippen molar-refractivity contribution in [1.82, 2.24) is 10.8 Å². The van der Waals surface area contributed by atoms with Gasteiger partial charge in [0.2, 0.25) is 5.91 Å². The van der Waals surface area contributed by atoms with Gasteiger partial charge >= 0.3 is 5.97 Å². The van der Waals surface area contributed by atoms with E-state index in [-0.39, 0.29) is 13.2 Å². The molecule has 0 aromatic heterocycles. The van der Waals surface area contributed by atoms with Crippen LogP contribution in [0.15, 0.2) is 91.0 Å². The van der Waals surface area contributed by atoms with Crippen molar-refractivity contribution in [2.45, 2.75) is 12.5 Å². The summed E-state index contributed by atoms with van der Waals surface area (Å²) in [4.78, 5) is 28.8. The third kappa shape index (κ3) is 5.36. The SMILES string of the molecule is C[C@@H](CNC(=O)CONC(c1ccccc1)(c1ccccc1)c1ccccc1)C(=O)O. The Morgan fingerprint density at radius 2 is 1.26 bits per heavy atom. The third-order valence-corrected chi connectivity index (χ3v) is 5.08. The Morgan fingerprint density at radius 1 is 0.839 bits per heavy atom. The molecule has 0 saturated carbocycles. The van der Waals surface area contributed by atoms with Crippen LogP contribution in [0.5, 0.6) is 0 Å². The van der Waals surface area contributed by atoms with Crippen LogP contribution in [0.2, 0.25) is 0 Å². The highest BCUT2D eigenvalue weighted by atomic mass is 16.6. The molecule has 0 radical (unpaired) electrons. The highest BCUT2D eigenvalue weighted by molar-refractivity contribution is 5.78. The number of hydrogen-bond acceptors (Lipinski definition) is 4. The van der Waals surface area contributed by atoms with E-state index in [1.165, 1.54) is 6.92 Å². The fourth-order valence-corrected chi connectivity index (χ4v) is 3.36. The van der Waals surface area contributed by atoms with Crippen molar-refractivity contribution in [1.29, 1.82) is 0 Å². The topological polar surface area (TPSA) is 87.7 Å². The number of carboxylic acids is 1. The van der Waals surface area contributed by atoms with Crippen LogP contribution in [0.25, 0.3) is 0 Å². The first-order valence-corrected chi connectivity index (χ1v) is 10.1. The van der Waals surface area contributed by atoms with Crippen LogP contribution in [-0.4, -0.2) is 30.1 Å². The number of rotatable bonds is 10. The Bertz CT molecular complexity index is 882. The number of carbonyl (C=O) groups is 2. The van der Waals surface area contributed by atoms with Gasteiger partial charge in [0.05, 0.1) is 5.92 Å². The van der Waals surface area contributed by atoms with Crippen LogP contribution < -0.4 is 10.8 Å². The zero-order valence-corrected chi connectivity index (χ0v) is 17.3. The monoisotopic (exact) mass is 418 g/mol. The van der Waals surface area contributed by atoms with Crippen molar-refractivity contribution >= 4 is 11.9 Å². The second-order valence-corrected chi connectivity index (χ2v) is 7.28. The molecule has 1 amide bonds. The summed E-state index contributed by atoms with van der Waals surface area (Å²) in [5.41, 5.74) is 5.15. The Labute approximate surface area is 181 Å². The number of amides is 1. The van der Waals surface area contributed by atoms with E-state index in [1.807, 2.05) is 91.0 Å². The highest BCUT2D eigenvalue weighted by Gasteiger charge is 2.36. The minimum atomic E-state index is -0.962. The molecular weight excluding hydrogens is 392 g/mol. The summed E-state index contributed by atoms with van der Waals surface area (Å²) < 4.78 is 0. The minimum absolute atomic E-state index is 0.0404. The summed E-state index contributed by atoms with van der Waals surface area (Å²) in [6, 6.07) is 29.6. The van der Waals surface area contributed by atoms with E-state index in [4.69, 9.17) is 9.94 Å². The normalized spacial score (nSPS) is 12.2. The molecule has 1 atom stereocenters. The molecule has 0 fully saturated rings. The van der Waals surface area contributed by atoms with Crippen LogP contribution in [0, 0.1) is 5.92 Å². The van der Waals surface area contributed by atoms with Gasteiger partial charge < -0.3 is 10.4 Å². The lowest BCUT2D eigenvalue weighted by molar-refractivity contribution is -0.141. The maximum atomic E-state index is 12.2. The lowest BCUT2D eigenvalue weighted by atomic mass is 9.78. The number of aliphatic carboxylic acids is 1. The zero-order chi connectivity index (χ0) is 22.1. The fourth-order valence-electron chi connectivity index (χ4n) is 3.36. The first-order valence-electron chi connectivity index (χ1n) is 10.1. The van der Waals surface area contributed by atoms with Crippen LogP contribution in [-0.2, 0) is 20.0 Å². The zero-order valence-electron chi connectivity index (χ0n) is 17.3. The van der Waals surface area contributed by atoms with Crippen LogP contribution >= 0.6 is 0 Å². The molecule has 0 aliphatic carbocycles. The molecule has 6 heteroatoms. The van der Waals surface area contributed by atoms with E-state index >= 15 is 0 Å². The molecule has 160 valence electrons. The van der Waals surface area contributed by atoms with Crippen LogP contribution in [0.1, 0.15) is 23.6 Å². The summed E-state index contributed by atoms with van der Waals surface area (Å²) in [6.07, 6.45) is 0. The van der Waals surface area contributed by atoms with Gasteiger partial charge in [0.25, 0.3) is 0 Å². The Balaban J connectivity index is 1.88. The predicted molar refractivity (Wildman–Crippen MR) is 118 cm³/mol. The van der Waals surface area contributed by atoms with Crippen molar-refractivity contribution in [2.75, 3.05) is 13.2 Å². The molecule has 31 heavy (non-hydrogen) atoms. The molecule has 0 bridgehead atoms. The molecule has 6 nitrogen and oxygen atoms in total. The number of hydrogen-bond donors (Lipinski definition) is 3. The number of benzene rings is 3. The maximum Gasteiger partial charge on any atom is 0.308 e. The van der Waals surface area contributed by atoms with Gasteiger partial charge in [0.15, 0.2) is 0 Å². The molecule has 0 spiro atoms. The van der Waals surface area contributed by atoms with Gasteiger partial charge in [0.1, 0.15) is 12.1 Å². The molecule has 0 aliphatic heterocycles. The average Bonchev–Trinajstić information content (AvgIpc) is 2.82. The first kappa shape index (κ1) is 22.2. The fraction of sp³-hybridized carbons (Fsp3) is 0.200. The van der Waals surface area contributed by atoms with E-state index in [0.717, 1.165) is 16.7 Å². The largest absolute Gasteiger partial charge is 0.481 e. The predicted octanol–water partition coefficient (Wildman–Crippen LogP) is 3.34. The molecule has 3 aromatic carbocycles. The quantitative estimate of drug-likeness (QED) is 0.347. The lowest BCUT2D eigenvalue weighted by Gasteiger charge is -2.36. The average molecular weight is 418 g/mol. The lowest BCUT2D eigenvalue weighted by Crippen LogP contribution is -2.46. The van der Waals surface area contributed by atoms with Crippen LogP contribution in [0.3, 0.4) is 0 Å². The molecule has 3 N–H and O–H groups in total. The Kier molecular flexibility index (Phi) is 7.54. The molecule has 3 rings (SSSR count). The highest BCUT2D eigenvalue weighted by Crippen LogP contribution is 2.36. The first-order chi connectivity index (χ1) is 15.0. The van der Waals surface area contributed by atoms with E-state index in [2.05, 4.69) is 10.8 Å². The number of carboxylic acid groups (broad SMARTS) is 1. The molecule has 0 heterocycles. The van der Waals surface area contributed by atoms with E-state index in [0.29, 0.717) is 0 Å². The van der Waals surface area contributed by atoms with Crippen molar-refractivity contribution in [3.05, 3.63) is 108 Å². The van der Waals surface area contributed by atoms with Gasteiger partial charge in [-0.15, -0.1) is 0 Å². The minimum Gasteiger partial charge on any atom is -0.481 e. The Hall–Kier alpha value is -3.48. The van der Waals surface area contributed by atoms with Crippen molar-refractivity contribution in [2.24, 2.45) is 5.92 Å². The molecule has 0 unspecified atom stereocenters.